The molecule has 0 radical (unpaired) electrons. The molecule has 3 aromatic rings. The molecule has 6 N–H and O–H groups in total. The molecule has 2 aromatic heterocycles. The summed E-state index contributed by atoms with van der Waals surface area (Å²) in [4.78, 5) is 19.2. The van der Waals surface area contributed by atoms with Crippen molar-refractivity contribution in [1.82, 2.24) is 20.2 Å². The SMILES string of the molecule is C=CC(=C)CCO.NC(=O)c1ccc(Nc2ncc(-c3nnc(C(F)F)o3)c(N)n2)cc1Cl. The van der Waals surface area contributed by atoms with Crippen LogP contribution in [0.1, 0.15) is 29.1 Å². The first kappa shape index (κ1) is 25.4. The zero-order valence-electron chi connectivity index (χ0n) is 17.1. The molecule has 10 nitrogen and oxygen atoms in total. The molecule has 0 saturated carbocycles. The van der Waals surface area contributed by atoms with Gasteiger partial charge in [-0.3, -0.25) is 4.79 Å². The second-order valence-corrected chi connectivity index (χ2v) is 6.67. The Hall–Kier alpha value is -3.90. The van der Waals surface area contributed by atoms with Crippen LogP contribution in [0.15, 0.2) is 53.6 Å². The standard InChI is InChI=1S/C14H10ClF2N7O2.C6H10O/c15-8-3-5(1-2-6(8)11(19)25)21-14-20-4-7(10(18)22-14)12-23-24-13(26-12)9(16)17;1-3-6(2)4-5-7/h1-4,9H,(H2,19,25)(H3,18,20,21,22);3,7H,1-2,4-5H2. The fraction of sp³-hybridized carbons (Fsp3) is 0.150. The van der Waals surface area contributed by atoms with E-state index < -0.39 is 18.2 Å². The van der Waals surface area contributed by atoms with E-state index in [-0.39, 0.29) is 40.4 Å². The number of halogens is 3. The van der Waals surface area contributed by atoms with Crippen LogP contribution in [0, 0.1) is 0 Å². The average molecular weight is 480 g/mol. The van der Waals surface area contributed by atoms with Gasteiger partial charge in [0.15, 0.2) is 0 Å². The molecular formula is C20H20ClF2N7O3. The molecule has 0 aliphatic heterocycles. The fourth-order valence-corrected chi connectivity index (χ4v) is 2.49. The van der Waals surface area contributed by atoms with E-state index in [2.05, 4.69) is 38.6 Å². The first-order valence-electron chi connectivity index (χ1n) is 9.18. The molecule has 174 valence electrons. The van der Waals surface area contributed by atoms with Crippen LogP contribution < -0.4 is 16.8 Å². The number of aromatic nitrogens is 4. The number of carbonyl (C=O) groups excluding carboxylic acids is 1. The van der Waals surface area contributed by atoms with Crippen molar-refractivity contribution in [3.63, 3.8) is 0 Å². The second-order valence-electron chi connectivity index (χ2n) is 6.26. The quantitative estimate of drug-likeness (QED) is 0.352. The van der Waals surface area contributed by atoms with Crippen molar-refractivity contribution in [2.45, 2.75) is 12.8 Å². The van der Waals surface area contributed by atoms with Gasteiger partial charge in [0.05, 0.1) is 16.1 Å². The van der Waals surface area contributed by atoms with Gasteiger partial charge in [-0.05, 0) is 24.6 Å². The van der Waals surface area contributed by atoms with E-state index in [1.165, 1.54) is 18.3 Å². The number of carbonyl (C=O) groups is 1. The number of rotatable bonds is 8. The number of nitrogens with zero attached hydrogens (tertiary/aromatic N) is 4. The predicted octanol–water partition coefficient (Wildman–Crippen LogP) is 3.65. The Morgan fingerprint density at radius 3 is 2.58 bits per heavy atom. The number of anilines is 3. The van der Waals surface area contributed by atoms with Gasteiger partial charge >= 0.3 is 6.43 Å². The molecule has 2 heterocycles. The van der Waals surface area contributed by atoms with Gasteiger partial charge in [-0.25, -0.2) is 4.98 Å². The lowest BCUT2D eigenvalue weighted by Gasteiger charge is -2.08. The molecule has 0 aliphatic carbocycles. The summed E-state index contributed by atoms with van der Waals surface area (Å²) in [5, 5.41) is 17.9. The van der Waals surface area contributed by atoms with Gasteiger partial charge in [0.2, 0.25) is 11.9 Å². The van der Waals surface area contributed by atoms with Crippen LogP contribution in [-0.2, 0) is 0 Å². The predicted molar refractivity (Wildman–Crippen MR) is 119 cm³/mol. The van der Waals surface area contributed by atoms with Gasteiger partial charge in [0, 0.05) is 18.5 Å². The Balaban J connectivity index is 0.000000479. The van der Waals surface area contributed by atoms with Crippen molar-refractivity contribution >= 4 is 35.0 Å². The molecule has 3 rings (SSSR count). The third kappa shape index (κ3) is 7.05. The van der Waals surface area contributed by atoms with Crippen molar-refractivity contribution in [2.75, 3.05) is 17.7 Å². The number of aliphatic hydroxyl groups excluding tert-OH is 1. The van der Waals surface area contributed by atoms with E-state index in [1.807, 2.05) is 0 Å². The number of hydrogen-bond donors (Lipinski definition) is 4. The summed E-state index contributed by atoms with van der Waals surface area (Å²) < 4.78 is 29.8. The van der Waals surface area contributed by atoms with Crippen LogP contribution in [0.2, 0.25) is 5.02 Å². The maximum atomic E-state index is 12.5. The van der Waals surface area contributed by atoms with Gasteiger partial charge in [0.25, 0.3) is 11.8 Å². The van der Waals surface area contributed by atoms with E-state index >= 15 is 0 Å². The second kappa shape index (κ2) is 11.6. The highest BCUT2D eigenvalue weighted by Crippen LogP contribution is 2.27. The summed E-state index contributed by atoms with van der Waals surface area (Å²) in [6.07, 6.45) is 0.638. The smallest absolute Gasteiger partial charge is 0.314 e. The Morgan fingerprint density at radius 1 is 1.36 bits per heavy atom. The van der Waals surface area contributed by atoms with Crippen LogP contribution in [0.25, 0.3) is 11.5 Å². The van der Waals surface area contributed by atoms with E-state index in [4.69, 9.17) is 32.6 Å². The van der Waals surface area contributed by atoms with Gasteiger partial charge < -0.3 is 26.3 Å². The highest BCUT2D eigenvalue weighted by molar-refractivity contribution is 6.34. The molecule has 13 heteroatoms. The molecule has 0 unspecified atom stereocenters. The minimum absolute atomic E-state index is 0.0631. The van der Waals surface area contributed by atoms with Gasteiger partial charge in [-0.2, -0.15) is 13.8 Å². The highest BCUT2D eigenvalue weighted by atomic mass is 35.5. The van der Waals surface area contributed by atoms with Gasteiger partial charge in [-0.15, -0.1) is 10.2 Å². The van der Waals surface area contributed by atoms with E-state index in [9.17, 15) is 13.6 Å². The van der Waals surface area contributed by atoms with E-state index in [0.717, 1.165) is 5.57 Å². The molecule has 1 amide bonds. The topological polar surface area (TPSA) is 166 Å². The third-order valence-corrected chi connectivity index (χ3v) is 4.20. The minimum atomic E-state index is -2.90. The molecule has 33 heavy (non-hydrogen) atoms. The number of hydrogen-bond acceptors (Lipinski definition) is 9. The number of aliphatic hydroxyl groups is 1. The molecule has 0 aliphatic rings. The molecule has 0 atom stereocenters. The number of nitrogens with two attached hydrogens (primary N) is 2. The number of allylic oxidation sites excluding steroid dienone is 1. The molecule has 0 bridgehead atoms. The zero-order chi connectivity index (χ0) is 24.5. The minimum Gasteiger partial charge on any atom is -0.415 e. The first-order chi connectivity index (χ1) is 15.7. The summed E-state index contributed by atoms with van der Waals surface area (Å²) in [5.74, 6) is -1.67. The summed E-state index contributed by atoms with van der Waals surface area (Å²) in [5.41, 5.74) is 12.6. The summed E-state index contributed by atoms with van der Waals surface area (Å²) in [7, 11) is 0. The van der Waals surface area contributed by atoms with E-state index in [0.29, 0.717) is 12.1 Å². The molecule has 0 saturated heterocycles. The number of benzene rings is 1. The largest absolute Gasteiger partial charge is 0.415 e. The molecule has 0 fully saturated rings. The normalized spacial score (nSPS) is 10.3. The lowest BCUT2D eigenvalue weighted by atomic mass is 10.2. The number of alkyl halides is 2. The van der Waals surface area contributed by atoms with E-state index in [1.54, 1.807) is 12.1 Å². The fourth-order valence-electron chi connectivity index (χ4n) is 2.22. The molecule has 0 spiro atoms. The number of primary amides is 1. The van der Waals surface area contributed by atoms with Crippen molar-refractivity contribution in [3.05, 3.63) is 65.7 Å². The Bertz CT molecular complexity index is 1150. The number of nitrogens with one attached hydrogen (secondary N) is 1. The highest BCUT2D eigenvalue weighted by Gasteiger charge is 2.19. The first-order valence-corrected chi connectivity index (χ1v) is 9.55. The Morgan fingerprint density at radius 2 is 2.09 bits per heavy atom. The van der Waals surface area contributed by atoms with Crippen molar-refractivity contribution in [1.29, 1.82) is 0 Å². The summed E-state index contributed by atoms with van der Waals surface area (Å²) >= 11 is 5.96. The van der Waals surface area contributed by atoms with Crippen molar-refractivity contribution in [2.24, 2.45) is 5.73 Å². The maximum absolute atomic E-state index is 12.5. The van der Waals surface area contributed by atoms with Crippen LogP contribution in [-0.4, -0.2) is 37.8 Å². The lowest BCUT2D eigenvalue weighted by molar-refractivity contribution is 0.100. The maximum Gasteiger partial charge on any atom is 0.314 e. The van der Waals surface area contributed by atoms with Crippen molar-refractivity contribution < 1.29 is 23.1 Å². The summed E-state index contributed by atoms with van der Waals surface area (Å²) in [6, 6.07) is 4.45. The van der Waals surface area contributed by atoms with Gasteiger partial charge in [0.1, 0.15) is 5.82 Å². The number of nitrogen functional groups attached to an aromatic ring is 1. The van der Waals surface area contributed by atoms with Crippen molar-refractivity contribution in [3.8, 4) is 11.5 Å². The number of amides is 1. The van der Waals surface area contributed by atoms with Crippen LogP contribution in [0.3, 0.4) is 0 Å². The zero-order valence-corrected chi connectivity index (χ0v) is 17.9. The Kier molecular flexibility index (Phi) is 8.95. The van der Waals surface area contributed by atoms with Crippen LogP contribution in [0.4, 0.5) is 26.2 Å². The lowest BCUT2D eigenvalue weighted by Crippen LogP contribution is -2.11. The molecular weight excluding hydrogens is 460 g/mol. The average Bonchev–Trinajstić information content (AvgIpc) is 3.24. The van der Waals surface area contributed by atoms with Gasteiger partial charge in [-0.1, -0.05) is 36.4 Å². The molecule has 1 aromatic carbocycles. The third-order valence-electron chi connectivity index (χ3n) is 3.89. The van der Waals surface area contributed by atoms with Crippen LogP contribution in [0.5, 0.6) is 0 Å². The Labute approximate surface area is 192 Å². The monoisotopic (exact) mass is 479 g/mol. The van der Waals surface area contributed by atoms with Crippen LogP contribution >= 0.6 is 11.6 Å². The summed E-state index contributed by atoms with van der Waals surface area (Å²) in [6.45, 7) is 7.22.